The number of carbonyl (C=O) groups is 1. The van der Waals surface area contributed by atoms with Gasteiger partial charge in [0.05, 0.1) is 12.6 Å². The third-order valence-corrected chi connectivity index (χ3v) is 5.86. The fourth-order valence-corrected chi connectivity index (χ4v) is 3.58. The van der Waals surface area contributed by atoms with Crippen LogP contribution in [0.2, 0.25) is 0 Å². The lowest BCUT2D eigenvalue weighted by molar-refractivity contribution is -0.117. The molecule has 0 atom stereocenters. The van der Waals surface area contributed by atoms with Crippen LogP contribution in [0.15, 0.2) is 60.9 Å². The van der Waals surface area contributed by atoms with E-state index in [1.807, 2.05) is 54.6 Å². The zero-order valence-corrected chi connectivity index (χ0v) is 19.0. The van der Waals surface area contributed by atoms with Gasteiger partial charge in [0.1, 0.15) is 23.7 Å². The number of aromatic nitrogens is 4. The van der Waals surface area contributed by atoms with E-state index in [4.69, 9.17) is 4.74 Å². The first-order valence-corrected chi connectivity index (χ1v) is 11.4. The Labute approximate surface area is 197 Å². The van der Waals surface area contributed by atoms with Crippen LogP contribution in [0.5, 0.6) is 5.75 Å². The van der Waals surface area contributed by atoms with Gasteiger partial charge in [-0.15, -0.1) is 0 Å². The average Bonchev–Trinajstić information content (AvgIpc) is 3.61. The first-order chi connectivity index (χ1) is 16.7. The summed E-state index contributed by atoms with van der Waals surface area (Å²) in [7, 11) is 1.62. The maximum atomic E-state index is 11.4. The third-order valence-electron chi connectivity index (χ3n) is 5.86. The van der Waals surface area contributed by atoms with Gasteiger partial charge in [-0.2, -0.15) is 5.10 Å². The summed E-state index contributed by atoms with van der Waals surface area (Å²) in [5, 5.41) is 14.5. The molecule has 2 aliphatic rings. The highest BCUT2D eigenvalue weighted by Crippen LogP contribution is 2.30. The monoisotopic (exact) mass is 457 g/mol. The van der Waals surface area contributed by atoms with Crippen LogP contribution in [0, 0.1) is 5.92 Å². The Kier molecular flexibility index (Phi) is 6.24. The molecule has 0 unspecified atom stereocenters. The highest BCUT2D eigenvalue weighted by molar-refractivity contribution is 5.94. The number of anilines is 4. The average molecular weight is 458 g/mol. The van der Waals surface area contributed by atoms with Crippen molar-refractivity contribution in [3.63, 3.8) is 0 Å². The van der Waals surface area contributed by atoms with Gasteiger partial charge in [-0.3, -0.25) is 9.89 Å². The maximum Gasteiger partial charge on any atom is 0.227 e. The van der Waals surface area contributed by atoms with Crippen molar-refractivity contribution in [2.75, 3.05) is 35.7 Å². The summed E-state index contributed by atoms with van der Waals surface area (Å²) in [6.07, 6.45) is 4.88. The number of nitrogens with one attached hydrogen (secondary N) is 3. The van der Waals surface area contributed by atoms with E-state index in [2.05, 4.69) is 35.7 Å². The minimum absolute atomic E-state index is 0.134. The molecule has 174 valence electrons. The molecule has 1 aliphatic carbocycles. The molecule has 9 nitrogen and oxygen atoms in total. The van der Waals surface area contributed by atoms with Crippen LogP contribution in [-0.4, -0.2) is 46.3 Å². The van der Waals surface area contributed by atoms with Gasteiger partial charge in [0.2, 0.25) is 5.91 Å². The second kappa shape index (κ2) is 9.78. The molecule has 1 saturated heterocycles. The quantitative estimate of drug-likeness (QED) is 0.395. The number of rotatable bonds is 6. The van der Waals surface area contributed by atoms with Crippen LogP contribution in [0.4, 0.5) is 23.1 Å². The van der Waals surface area contributed by atoms with Crippen LogP contribution in [0.1, 0.15) is 19.3 Å². The van der Waals surface area contributed by atoms with Gasteiger partial charge >= 0.3 is 0 Å². The zero-order chi connectivity index (χ0) is 23.3. The summed E-state index contributed by atoms with van der Waals surface area (Å²) in [5.74, 6) is 3.70. The van der Waals surface area contributed by atoms with Crippen LogP contribution in [-0.2, 0) is 4.79 Å². The molecule has 6 rings (SSSR count). The summed E-state index contributed by atoms with van der Waals surface area (Å²) in [6.45, 7) is 2.14. The van der Waals surface area contributed by atoms with Crippen molar-refractivity contribution in [1.82, 2.24) is 20.2 Å². The Bertz CT molecular complexity index is 1260. The largest absolute Gasteiger partial charge is 0.497 e. The van der Waals surface area contributed by atoms with Gasteiger partial charge in [0, 0.05) is 36.1 Å². The number of hydrogen-bond donors (Lipinski definition) is 3. The number of fused-ring (bicyclic) bond motifs is 1. The van der Waals surface area contributed by atoms with E-state index in [0.29, 0.717) is 0 Å². The molecule has 0 bridgehead atoms. The Morgan fingerprint density at radius 3 is 2.59 bits per heavy atom. The predicted molar refractivity (Wildman–Crippen MR) is 133 cm³/mol. The number of para-hydroxylation sites is 1. The predicted octanol–water partition coefficient (Wildman–Crippen LogP) is 4.35. The smallest absolute Gasteiger partial charge is 0.227 e. The minimum atomic E-state index is 0.134. The second-order valence-corrected chi connectivity index (χ2v) is 8.34. The lowest BCUT2D eigenvalue weighted by Gasteiger charge is -2.31. The number of nitrogens with zero attached hydrogens (tertiary/aromatic N) is 4. The number of methoxy groups -OCH3 is 1. The van der Waals surface area contributed by atoms with E-state index in [0.717, 1.165) is 65.7 Å². The van der Waals surface area contributed by atoms with Crippen LogP contribution in [0.3, 0.4) is 0 Å². The summed E-state index contributed by atoms with van der Waals surface area (Å²) in [4.78, 5) is 22.2. The van der Waals surface area contributed by atoms with Crippen molar-refractivity contribution in [2.24, 2.45) is 5.92 Å². The van der Waals surface area contributed by atoms with E-state index >= 15 is 0 Å². The Balaban J connectivity index is 0.000000152. The first kappa shape index (κ1) is 21.7. The molecule has 2 aromatic heterocycles. The van der Waals surface area contributed by atoms with Crippen molar-refractivity contribution < 1.29 is 9.53 Å². The fourth-order valence-electron chi connectivity index (χ4n) is 3.58. The topological polar surface area (TPSA) is 108 Å². The highest BCUT2D eigenvalue weighted by Gasteiger charge is 2.29. The molecule has 0 spiro atoms. The Morgan fingerprint density at radius 2 is 1.88 bits per heavy atom. The molecule has 0 radical (unpaired) electrons. The number of H-pyrrole nitrogens is 1. The van der Waals surface area contributed by atoms with E-state index in [-0.39, 0.29) is 11.8 Å². The summed E-state index contributed by atoms with van der Waals surface area (Å²) >= 11 is 0. The van der Waals surface area contributed by atoms with Crippen molar-refractivity contribution in [3.8, 4) is 5.75 Å². The summed E-state index contributed by atoms with van der Waals surface area (Å²) < 4.78 is 5.02. The van der Waals surface area contributed by atoms with E-state index in [1.54, 1.807) is 13.4 Å². The number of ether oxygens (including phenoxy) is 1. The number of hydrogen-bond acceptors (Lipinski definition) is 7. The standard InChI is InChI=1S/C14H14N6.C11H13NO2/c1-2-5-11-10(4-1)14(19-18-11)17-12-8-13(16-9-15-12)20-6-3-7-20;1-14-10-6-4-9(5-7-10)12-11(13)8-2-3-8/h1-2,4-5,8-9H,3,6-7H2,(H2,15,16,17,18,19);4-8H,2-3H2,1H3,(H,12,13). The van der Waals surface area contributed by atoms with Gasteiger partial charge in [0.25, 0.3) is 0 Å². The lowest BCUT2D eigenvalue weighted by atomic mass is 10.2. The van der Waals surface area contributed by atoms with Crippen molar-refractivity contribution in [2.45, 2.75) is 19.3 Å². The van der Waals surface area contributed by atoms with E-state index in [9.17, 15) is 4.79 Å². The van der Waals surface area contributed by atoms with E-state index in [1.165, 1.54) is 6.42 Å². The Morgan fingerprint density at radius 1 is 1.09 bits per heavy atom. The van der Waals surface area contributed by atoms with Crippen molar-refractivity contribution in [3.05, 3.63) is 60.9 Å². The van der Waals surface area contributed by atoms with Gasteiger partial charge in [-0.25, -0.2) is 9.97 Å². The highest BCUT2D eigenvalue weighted by atomic mass is 16.5. The van der Waals surface area contributed by atoms with Crippen LogP contribution in [0.25, 0.3) is 10.9 Å². The van der Waals surface area contributed by atoms with Crippen molar-refractivity contribution in [1.29, 1.82) is 0 Å². The van der Waals surface area contributed by atoms with Gasteiger partial charge in [-0.05, 0) is 55.7 Å². The summed E-state index contributed by atoms with van der Waals surface area (Å²) in [6, 6.07) is 17.3. The molecule has 34 heavy (non-hydrogen) atoms. The van der Waals surface area contributed by atoms with E-state index < -0.39 is 0 Å². The fraction of sp³-hybridized carbons (Fsp3) is 0.280. The normalized spacial score (nSPS) is 14.6. The molecule has 9 heteroatoms. The molecular formula is C25H27N7O2. The van der Waals surface area contributed by atoms with Crippen molar-refractivity contribution >= 4 is 40.0 Å². The molecule has 4 aromatic rings. The molecule has 3 N–H and O–H groups in total. The number of aromatic amines is 1. The van der Waals surface area contributed by atoms with Crippen LogP contribution >= 0.6 is 0 Å². The van der Waals surface area contributed by atoms with Gasteiger partial charge < -0.3 is 20.3 Å². The molecule has 2 aromatic carbocycles. The molecule has 2 fully saturated rings. The minimum Gasteiger partial charge on any atom is -0.497 e. The SMILES string of the molecule is COc1ccc(NC(=O)C2CC2)cc1.c1ccc2c(Nc3cc(N4CCC4)ncn3)n[nH]c2c1. The third kappa shape index (κ3) is 5.09. The molecule has 3 heterocycles. The first-order valence-electron chi connectivity index (χ1n) is 11.4. The number of benzene rings is 2. The Hall–Kier alpha value is -4.14. The van der Waals surface area contributed by atoms with Gasteiger partial charge in [0.15, 0.2) is 5.82 Å². The number of amides is 1. The second-order valence-electron chi connectivity index (χ2n) is 8.34. The summed E-state index contributed by atoms with van der Waals surface area (Å²) in [5.41, 5.74) is 1.84. The molecule has 1 saturated carbocycles. The number of carbonyl (C=O) groups excluding carboxylic acids is 1. The maximum absolute atomic E-state index is 11.4. The van der Waals surface area contributed by atoms with Crippen LogP contribution < -0.4 is 20.3 Å². The molecular weight excluding hydrogens is 430 g/mol. The molecule has 1 aliphatic heterocycles. The lowest BCUT2D eigenvalue weighted by Crippen LogP contribution is -2.37. The zero-order valence-electron chi connectivity index (χ0n) is 19.0. The molecule has 1 amide bonds. The van der Waals surface area contributed by atoms with Gasteiger partial charge in [-0.1, -0.05) is 12.1 Å².